The lowest BCUT2D eigenvalue weighted by Gasteiger charge is -2.45. The van der Waals surface area contributed by atoms with Gasteiger partial charge < -0.3 is 25.2 Å². The standard InChI is InChI=1S/C28H29ClN8O2/c1-5-6-10-26(38)32-21-12-22(25(39-4)13-24(21)36-16-18(17-36)35(2)3)33-28-30-15-20(29)27(34-28)19-14-31-37-11-8-7-9-23(19)37/h5-15,18H,1,16-17H2,2-4H3,(H,32,38)(H,30,33,34)/b10-6+. The molecule has 4 aromatic rings. The molecule has 0 unspecified atom stereocenters. The van der Waals surface area contributed by atoms with Crippen molar-refractivity contribution in [2.24, 2.45) is 0 Å². The van der Waals surface area contributed by atoms with Crippen molar-refractivity contribution in [3.8, 4) is 17.0 Å². The molecule has 11 heteroatoms. The molecule has 1 amide bonds. The highest BCUT2D eigenvalue weighted by molar-refractivity contribution is 6.33. The van der Waals surface area contributed by atoms with Gasteiger partial charge in [0.05, 0.1) is 52.8 Å². The van der Waals surface area contributed by atoms with E-state index in [1.165, 1.54) is 6.08 Å². The summed E-state index contributed by atoms with van der Waals surface area (Å²) in [5.74, 6) is 0.625. The third-order valence-electron chi connectivity index (χ3n) is 6.56. The van der Waals surface area contributed by atoms with Crippen LogP contribution in [0.1, 0.15) is 0 Å². The van der Waals surface area contributed by atoms with E-state index in [0.717, 1.165) is 29.9 Å². The number of allylic oxidation sites excluding steroid dienone is 2. The maximum Gasteiger partial charge on any atom is 0.248 e. The van der Waals surface area contributed by atoms with Gasteiger partial charge in [-0.1, -0.05) is 36.4 Å². The lowest BCUT2D eigenvalue weighted by Crippen LogP contribution is -2.57. The molecule has 0 radical (unpaired) electrons. The number of fused-ring (bicyclic) bond motifs is 1. The smallest absolute Gasteiger partial charge is 0.248 e. The predicted octanol–water partition coefficient (Wildman–Crippen LogP) is 4.63. The molecule has 2 N–H and O–H groups in total. The van der Waals surface area contributed by atoms with Gasteiger partial charge >= 0.3 is 0 Å². The average molecular weight is 545 g/mol. The van der Waals surface area contributed by atoms with Crippen LogP contribution in [0.3, 0.4) is 0 Å². The van der Waals surface area contributed by atoms with Gasteiger partial charge in [-0.3, -0.25) is 4.79 Å². The molecule has 5 rings (SSSR count). The number of ether oxygens (including phenoxy) is 1. The molecule has 39 heavy (non-hydrogen) atoms. The van der Waals surface area contributed by atoms with Crippen LogP contribution in [0.15, 0.2) is 73.7 Å². The third kappa shape index (κ3) is 5.43. The Balaban J connectivity index is 1.50. The molecule has 1 aliphatic heterocycles. The second-order valence-corrected chi connectivity index (χ2v) is 9.69. The quantitative estimate of drug-likeness (QED) is 0.232. The number of carbonyl (C=O) groups excluding carboxylic acids is 1. The molecule has 200 valence electrons. The maximum absolute atomic E-state index is 12.6. The number of pyridine rings is 1. The molecule has 1 fully saturated rings. The molecule has 0 spiro atoms. The number of rotatable bonds is 9. The highest BCUT2D eigenvalue weighted by atomic mass is 35.5. The summed E-state index contributed by atoms with van der Waals surface area (Å²) < 4.78 is 7.48. The Morgan fingerprint density at radius 3 is 2.79 bits per heavy atom. The summed E-state index contributed by atoms with van der Waals surface area (Å²) in [5, 5.41) is 11.0. The molecule has 0 saturated carbocycles. The zero-order chi connectivity index (χ0) is 27.5. The summed E-state index contributed by atoms with van der Waals surface area (Å²) in [6, 6.07) is 9.94. The fourth-order valence-electron chi connectivity index (χ4n) is 4.36. The monoisotopic (exact) mass is 544 g/mol. The Morgan fingerprint density at radius 1 is 1.23 bits per heavy atom. The zero-order valence-electron chi connectivity index (χ0n) is 21.9. The first-order valence-electron chi connectivity index (χ1n) is 12.3. The van der Waals surface area contributed by atoms with E-state index < -0.39 is 0 Å². The summed E-state index contributed by atoms with van der Waals surface area (Å²) in [4.78, 5) is 26.1. The number of likely N-dealkylation sites (N-methyl/N-ethyl adjacent to an activating group) is 1. The van der Waals surface area contributed by atoms with Crippen molar-refractivity contribution in [3.63, 3.8) is 0 Å². The van der Waals surface area contributed by atoms with Crippen LogP contribution in [0.2, 0.25) is 5.02 Å². The van der Waals surface area contributed by atoms with Gasteiger partial charge in [0.2, 0.25) is 11.9 Å². The fourth-order valence-corrected chi connectivity index (χ4v) is 4.55. The molecular weight excluding hydrogens is 516 g/mol. The lowest BCUT2D eigenvalue weighted by atomic mass is 10.0. The molecule has 3 aromatic heterocycles. The summed E-state index contributed by atoms with van der Waals surface area (Å²) in [6.07, 6.45) is 9.70. The first-order valence-corrected chi connectivity index (χ1v) is 12.7. The second kappa shape index (κ2) is 11.1. The molecule has 4 heterocycles. The zero-order valence-corrected chi connectivity index (χ0v) is 22.7. The Kier molecular flexibility index (Phi) is 7.49. The van der Waals surface area contributed by atoms with Gasteiger partial charge in [-0.15, -0.1) is 0 Å². The number of anilines is 4. The van der Waals surface area contributed by atoms with Gasteiger partial charge in [-0.05, 0) is 32.3 Å². The van der Waals surface area contributed by atoms with Crippen molar-refractivity contribution in [1.82, 2.24) is 24.5 Å². The van der Waals surface area contributed by atoms with Gasteiger partial charge in [0.25, 0.3) is 0 Å². The van der Waals surface area contributed by atoms with Gasteiger partial charge in [-0.25, -0.2) is 14.5 Å². The number of aromatic nitrogens is 4. The number of hydrogen-bond donors (Lipinski definition) is 2. The summed E-state index contributed by atoms with van der Waals surface area (Å²) >= 11 is 6.50. The number of methoxy groups -OCH3 is 1. The minimum Gasteiger partial charge on any atom is -0.494 e. The molecule has 0 bridgehead atoms. The number of hydrogen-bond acceptors (Lipinski definition) is 8. The van der Waals surface area contributed by atoms with Crippen LogP contribution >= 0.6 is 11.6 Å². The predicted molar refractivity (Wildman–Crippen MR) is 155 cm³/mol. The van der Waals surface area contributed by atoms with Crippen LogP contribution in [-0.4, -0.2) is 70.7 Å². The molecule has 1 saturated heterocycles. The lowest BCUT2D eigenvalue weighted by molar-refractivity contribution is -0.111. The molecular formula is C28H29ClN8O2. The highest BCUT2D eigenvalue weighted by Gasteiger charge is 2.31. The molecule has 1 aliphatic rings. The Hall–Kier alpha value is -4.41. The average Bonchev–Trinajstić information content (AvgIpc) is 3.32. The van der Waals surface area contributed by atoms with E-state index in [9.17, 15) is 4.79 Å². The van der Waals surface area contributed by atoms with Crippen molar-refractivity contribution >= 4 is 46.0 Å². The second-order valence-electron chi connectivity index (χ2n) is 9.28. The van der Waals surface area contributed by atoms with Crippen molar-refractivity contribution in [3.05, 3.63) is 78.8 Å². The van der Waals surface area contributed by atoms with E-state index in [2.05, 4.69) is 51.2 Å². The summed E-state index contributed by atoms with van der Waals surface area (Å²) in [6.45, 7) is 5.29. The van der Waals surface area contributed by atoms with Crippen molar-refractivity contribution in [2.45, 2.75) is 6.04 Å². The normalized spacial score (nSPS) is 13.6. The van der Waals surface area contributed by atoms with Crippen LogP contribution < -0.4 is 20.3 Å². The van der Waals surface area contributed by atoms with E-state index in [1.807, 2.05) is 36.5 Å². The highest BCUT2D eigenvalue weighted by Crippen LogP contribution is 2.40. The molecule has 1 aromatic carbocycles. The summed E-state index contributed by atoms with van der Waals surface area (Å²) in [5.41, 5.74) is 4.27. The van der Waals surface area contributed by atoms with Crippen molar-refractivity contribution in [1.29, 1.82) is 0 Å². The number of nitrogens with one attached hydrogen (secondary N) is 2. The van der Waals surface area contributed by atoms with Crippen LogP contribution in [-0.2, 0) is 4.79 Å². The van der Waals surface area contributed by atoms with Crippen molar-refractivity contribution in [2.75, 3.05) is 49.8 Å². The topological polar surface area (TPSA) is 99.9 Å². The molecule has 0 atom stereocenters. The van der Waals surface area contributed by atoms with E-state index in [1.54, 1.807) is 36.2 Å². The number of amides is 1. The molecule has 10 nitrogen and oxygen atoms in total. The number of halogens is 1. The van der Waals surface area contributed by atoms with Gasteiger partial charge in [0.1, 0.15) is 5.75 Å². The van der Waals surface area contributed by atoms with Crippen LogP contribution in [0.25, 0.3) is 16.8 Å². The minimum atomic E-state index is -0.268. The fraction of sp³-hybridized carbons (Fsp3) is 0.214. The van der Waals surface area contributed by atoms with E-state index in [-0.39, 0.29) is 5.91 Å². The van der Waals surface area contributed by atoms with Crippen LogP contribution in [0.4, 0.5) is 23.0 Å². The third-order valence-corrected chi connectivity index (χ3v) is 6.84. The van der Waals surface area contributed by atoms with Gasteiger partial charge in [0.15, 0.2) is 0 Å². The number of nitrogens with zero attached hydrogens (tertiary/aromatic N) is 6. The van der Waals surface area contributed by atoms with Gasteiger partial charge in [0, 0.05) is 43.0 Å². The largest absolute Gasteiger partial charge is 0.494 e. The molecule has 0 aliphatic carbocycles. The van der Waals surface area contributed by atoms with E-state index in [0.29, 0.717) is 39.8 Å². The van der Waals surface area contributed by atoms with E-state index in [4.69, 9.17) is 21.3 Å². The SMILES string of the molecule is C=C/C=C/C(=O)Nc1cc(Nc2ncc(Cl)c(-c3cnn4ccccc34)n2)c(OC)cc1N1CC(N(C)C)C1. The minimum absolute atomic E-state index is 0.268. The summed E-state index contributed by atoms with van der Waals surface area (Å²) in [7, 11) is 5.72. The Labute approximate surface area is 231 Å². The van der Waals surface area contributed by atoms with Gasteiger partial charge in [-0.2, -0.15) is 5.10 Å². The maximum atomic E-state index is 12.6. The Bertz CT molecular complexity index is 1560. The Morgan fingerprint density at radius 2 is 2.05 bits per heavy atom. The van der Waals surface area contributed by atoms with Crippen LogP contribution in [0, 0.1) is 0 Å². The van der Waals surface area contributed by atoms with Crippen molar-refractivity contribution < 1.29 is 9.53 Å². The number of carbonyl (C=O) groups is 1. The first-order chi connectivity index (χ1) is 18.9. The number of benzene rings is 1. The first kappa shape index (κ1) is 26.2. The van der Waals surface area contributed by atoms with E-state index >= 15 is 0 Å². The van der Waals surface area contributed by atoms with Crippen LogP contribution in [0.5, 0.6) is 5.75 Å².